The Labute approximate surface area is 116 Å². The fraction of sp³-hybridized carbons (Fsp3) is 0.647. The summed E-state index contributed by atoms with van der Waals surface area (Å²) in [7, 11) is 2.32. The molecule has 3 unspecified atom stereocenters. The number of hydrogen-bond donors (Lipinski definition) is 1. The minimum Gasteiger partial charge on any atom is -0.307 e. The summed E-state index contributed by atoms with van der Waals surface area (Å²) in [6.07, 6.45) is 8.09. The van der Waals surface area contributed by atoms with Crippen LogP contribution in [0.5, 0.6) is 0 Å². The highest BCUT2D eigenvalue weighted by Gasteiger charge is 2.39. The van der Waals surface area contributed by atoms with Crippen LogP contribution in [0, 0.1) is 0 Å². The van der Waals surface area contributed by atoms with E-state index in [1.165, 1.54) is 38.5 Å². The summed E-state index contributed by atoms with van der Waals surface area (Å²) in [5, 5.41) is 3.97. The lowest BCUT2D eigenvalue weighted by Crippen LogP contribution is -2.47. The zero-order valence-corrected chi connectivity index (χ0v) is 11.8. The van der Waals surface area contributed by atoms with Gasteiger partial charge in [-0.15, -0.1) is 0 Å². The van der Waals surface area contributed by atoms with Crippen molar-refractivity contribution in [3.63, 3.8) is 0 Å². The van der Waals surface area contributed by atoms with Crippen molar-refractivity contribution in [3.05, 3.63) is 35.4 Å². The molecule has 1 aromatic rings. The van der Waals surface area contributed by atoms with Gasteiger partial charge in [0.2, 0.25) is 0 Å². The smallest absolute Gasteiger partial charge is 0.0328 e. The molecule has 3 atom stereocenters. The highest BCUT2D eigenvalue weighted by molar-refractivity contribution is 5.34. The van der Waals surface area contributed by atoms with E-state index in [1.54, 1.807) is 11.1 Å². The lowest BCUT2D eigenvalue weighted by Gasteiger charge is -2.38. The molecule has 0 saturated carbocycles. The average Bonchev–Trinajstić information content (AvgIpc) is 2.89. The summed E-state index contributed by atoms with van der Waals surface area (Å²) >= 11 is 0. The molecule has 1 aromatic carbocycles. The molecular formula is C17H24N2. The molecule has 0 spiro atoms. The molecule has 2 heterocycles. The molecule has 0 radical (unpaired) electrons. The Hall–Kier alpha value is -0.860. The molecule has 19 heavy (non-hydrogen) atoms. The Morgan fingerprint density at radius 2 is 1.79 bits per heavy atom. The maximum Gasteiger partial charge on any atom is 0.0328 e. The Bertz CT molecular complexity index is 456. The molecule has 2 saturated heterocycles. The van der Waals surface area contributed by atoms with Crippen LogP contribution in [-0.4, -0.2) is 30.1 Å². The minimum absolute atomic E-state index is 0.615. The molecule has 2 fully saturated rings. The summed E-state index contributed by atoms with van der Waals surface area (Å²) in [6, 6.07) is 12.0. The van der Waals surface area contributed by atoms with Crippen molar-refractivity contribution in [1.29, 1.82) is 0 Å². The number of nitrogens with one attached hydrogen (secondary N) is 1. The van der Waals surface area contributed by atoms with Gasteiger partial charge in [-0.05, 0) is 56.7 Å². The third kappa shape index (κ3) is 2.02. The van der Waals surface area contributed by atoms with Crippen molar-refractivity contribution in [1.82, 2.24) is 10.2 Å². The molecule has 0 aromatic heterocycles. The van der Waals surface area contributed by atoms with Crippen LogP contribution < -0.4 is 5.32 Å². The van der Waals surface area contributed by atoms with Crippen molar-refractivity contribution in [3.8, 4) is 0 Å². The summed E-state index contributed by atoms with van der Waals surface area (Å²) in [5.41, 5.74) is 3.13. The summed E-state index contributed by atoms with van der Waals surface area (Å²) in [4.78, 5) is 2.63. The minimum atomic E-state index is 0.615. The molecule has 1 N–H and O–H groups in total. The molecule has 3 aliphatic rings. The van der Waals surface area contributed by atoms with Gasteiger partial charge in [-0.25, -0.2) is 0 Å². The van der Waals surface area contributed by atoms with E-state index in [-0.39, 0.29) is 0 Å². The lowest BCUT2D eigenvalue weighted by atomic mass is 9.96. The Morgan fingerprint density at radius 1 is 1.05 bits per heavy atom. The Morgan fingerprint density at radius 3 is 2.58 bits per heavy atom. The first kappa shape index (κ1) is 11.9. The van der Waals surface area contributed by atoms with Crippen LogP contribution in [0.3, 0.4) is 0 Å². The van der Waals surface area contributed by atoms with Crippen LogP contribution in [-0.2, 0) is 6.42 Å². The second kappa shape index (κ2) is 4.60. The van der Waals surface area contributed by atoms with Gasteiger partial charge in [-0.2, -0.15) is 0 Å². The molecule has 2 aliphatic heterocycles. The third-order valence-electron chi connectivity index (χ3n) is 5.67. The van der Waals surface area contributed by atoms with E-state index < -0.39 is 0 Å². The molecule has 102 valence electrons. The van der Waals surface area contributed by atoms with Gasteiger partial charge in [0.25, 0.3) is 0 Å². The van der Waals surface area contributed by atoms with Crippen LogP contribution >= 0.6 is 0 Å². The first-order chi connectivity index (χ1) is 9.31. The van der Waals surface area contributed by atoms with Crippen molar-refractivity contribution in [2.24, 2.45) is 0 Å². The maximum absolute atomic E-state index is 3.97. The van der Waals surface area contributed by atoms with E-state index in [2.05, 4.69) is 41.5 Å². The number of rotatable bonds is 2. The molecule has 4 rings (SSSR count). The Kier molecular flexibility index (Phi) is 2.89. The summed E-state index contributed by atoms with van der Waals surface area (Å²) in [6.45, 7) is 0. The first-order valence-electron chi connectivity index (χ1n) is 7.87. The van der Waals surface area contributed by atoms with E-state index in [1.807, 2.05) is 0 Å². The van der Waals surface area contributed by atoms with Gasteiger partial charge in [0, 0.05) is 24.2 Å². The molecular weight excluding hydrogens is 232 g/mol. The number of benzene rings is 1. The molecule has 2 heteroatoms. The second-order valence-electron chi connectivity index (χ2n) is 6.68. The summed E-state index contributed by atoms with van der Waals surface area (Å²) in [5.74, 6) is 0. The monoisotopic (exact) mass is 256 g/mol. The predicted octanol–water partition coefficient (Wildman–Crippen LogP) is 2.89. The van der Waals surface area contributed by atoms with Gasteiger partial charge in [0.15, 0.2) is 0 Å². The predicted molar refractivity (Wildman–Crippen MR) is 78.2 cm³/mol. The van der Waals surface area contributed by atoms with E-state index in [4.69, 9.17) is 0 Å². The number of fused-ring (bicyclic) bond motifs is 3. The van der Waals surface area contributed by atoms with E-state index in [9.17, 15) is 0 Å². The zero-order chi connectivity index (χ0) is 12.8. The number of aryl methyl sites for hydroxylation is 1. The van der Waals surface area contributed by atoms with Crippen molar-refractivity contribution < 1.29 is 0 Å². The molecule has 2 nitrogen and oxygen atoms in total. The van der Waals surface area contributed by atoms with Gasteiger partial charge in [-0.3, -0.25) is 0 Å². The second-order valence-corrected chi connectivity index (χ2v) is 6.68. The fourth-order valence-corrected chi connectivity index (χ4v) is 4.56. The number of hydrogen-bond acceptors (Lipinski definition) is 2. The summed E-state index contributed by atoms with van der Waals surface area (Å²) < 4.78 is 0. The lowest BCUT2D eigenvalue weighted by molar-refractivity contribution is 0.143. The van der Waals surface area contributed by atoms with Crippen LogP contribution in [0.2, 0.25) is 0 Å². The topological polar surface area (TPSA) is 15.3 Å². The largest absolute Gasteiger partial charge is 0.307 e. The van der Waals surface area contributed by atoms with Crippen LogP contribution in [0.15, 0.2) is 24.3 Å². The van der Waals surface area contributed by atoms with E-state index in [0.29, 0.717) is 6.04 Å². The zero-order valence-electron chi connectivity index (χ0n) is 11.8. The van der Waals surface area contributed by atoms with Crippen molar-refractivity contribution >= 4 is 0 Å². The third-order valence-corrected chi connectivity index (χ3v) is 5.67. The van der Waals surface area contributed by atoms with Gasteiger partial charge < -0.3 is 10.2 Å². The highest BCUT2D eigenvalue weighted by Crippen LogP contribution is 2.37. The van der Waals surface area contributed by atoms with Gasteiger partial charge in [0.05, 0.1) is 0 Å². The fourth-order valence-electron chi connectivity index (χ4n) is 4.56. The van der Waals surface area contributed by atoms with E-state index >= 15 is 0 Å². The van der Waals surface area contributed by atoms with Crippen LogP contribution in [0.25, 0.3) is 0 Å². The van der Waals surface area contributed by atoms with Gasteiger partial charge >= 0.3 is 0 Å². The molecule has 2 bridgehead atoms. The normalized spacial score (nSPS) is 37.5. The number of piperidine rings is 1. The average molecular weight is 256 g/mol. The van der Waals surface area contributed by atoms with Crippen molar-refractivity contribution in [2.75, 3.05) is 7.05 Å². The quantitative estimate of drug-likeness (QED) is 0.875. The highest BCUT2D eigenvalue weighted by atomic mass is 15.2. The van der Waals surface area contributed by atoms with Crippen LogP contribution in [0.1, 0.15) is 49.3 Å². The molecule has 0 amide bonds. The number of nitrogens with zero attached hydrogens (tertiary/aromatic N) is 1. The van der Waals surface area contributed by atoms with Gasteiger partial charge in [-0.1, -0.05) is 24.3 Å². The van der Waals surface area contributed by atoms with Crippen LogP contribution in [0.4, 0.5) is 0 Å². The standard InChI is InChI=1S/C17H24N2/c1-19-14-7-8-15(19)11-13(10-14)18-17-9-6-12-4-2-3-5-16(12)17/h2-5,13-15,17-18H,6-11H2,1H3. The SMILES string of the molecule is CN1C2CCC1CC(NC1CCc3ccccc31)C2. The van der Waals surface area contributed by atoms with Crippen molar-refractivity contribution in [2.45, 2.75) is 62.7 Å². The maximum atomic E-state index is 3.97. The first-order valence-corrected chi connectivity index (χ1v) is 7.87. The Balaban J connectivity index is 1.46. The van der Waals surface area contributed by atoms with Gasteiger partial charge in [0.1, 0.15) is 0 Å². The van der Waals surface area contributed by atoms with E-state index in [0.717, 1.165) is 18.1 Å². The molecule has 1 aliphatic carbocycles.